The molecule has 238 valence electrons. The van der Waals surface area contributed by atoms with Crippen LogP contribution in [0.5, 0.6) is 0 Å². The van der Waals surface area contributed by atoms with E-state index in [1.165, 1.54) is 23.6 Å². The minimum atomic E-state index is -0.980. The van der Waals surface area contributed by atoms with E-state index in [1.807, 2.05) is 39.8 Å². The number of carbonyl (C=O) groups is 5. The number of benzene rings is 1. The fourth-order valence-electron chi connectivity index (χ4n) is 5.63. The summed E-state index contributed by atoms with van der Waals surface area (Å²) in [5, 5.41) is 8.23. The van der Waals surface area contributed by atoms with Crippen molar-refractivity contribution in [2.24, 2.45) is 11.3 Å². The zero-order chi connectivity index (χ0) is 32.2. The molecule has 3 N–H and O–H groups in total. The highest BCUT2D eigenvalue weighted by atomic mass is 16.2. The van der Waals surface area contributed by atoms with Crippen LogP contribution in [0.3, 0.4) is 0 Å². The molecule has 0 spiro atoms. The van der Waals surface area contributed by atoms with Crippen molar-refractivity contribution in [2.75, 3.05) is 13.1 Å². The summed E-state index contributed by atoms with van der Waals surface area (Å²) in [6, 6.07) is 5.53. The van der Waals surface area contributed by atoms with Crippen molar-refractivity contribution in [1.29, 1.82) is 0 Å². The highest BCUT2D eigenvalue weighted by Gasteiger charge is 2.43. The van der Waals surface area contributed by atoms with Crippen LogP contribution in [0.4, 0.5) is 0 Å². The smallest absolute Gasteiger partial charge is 0.289 e. The summed E-state index contributed by atoms with van der Waals surface area (Å²) in [7, 11) is 0. The molecule has 1 heterocycles. The third-order valence-electron chi connectivity index (χ3n) is 7.51. The molecule has 0 bridgehead atoms. The van der Waals surface area contributed by atoms with Crippen molar-refractivity contribution < 1.29 is 24.0 Å². The van der Waals surface area contributed by atoms with Gasteiger partial charge in [-0.05, 0) is 54.6 Å². The number of ketones is 1. The first kappa shape index (κ1) is 35.7. The second-order valence-electron chi connectivity index (χ2n) is 12.8. The molecule has 1 aromatic carbocycles. The number of nitrogens with zero attached hydrogens (tertiary/aromatic N) is 1. The maximum atomic E-state index is 14.1. The van der Waals surface area contributed by atoms with E-state index in [0.717, 1.165) is 0 Å². The van der Waals surface area contributed by atoms with Crippen LogP contribution in [0, 0.1) is 11.3 Å². The molecule has 1 aromatic rings. The Labute approximate surface area is 257 Å². The molecule has 43 heavy (non-hydrogen) atoms. The van der Waals surface area contributed by atoms with Gasteiger partial charge in [-0.3, -0.25) is 24.0 Å². The maximum absolute atomic E-state index is 14.1. The summed E-state index contributed by atoms with van der Waals surface area (Å²) in [5.41, 5.74) is 2.09. The molecule has 3 rings (SSSR count). The van der Waals surface area contributed by atoms with Gasteiger partial charge >= 0.3 is 0 Å². The third kappa shape index (κ3) is 10.6. The molecule has 9 heteroatoms. The van der Waals surface area contributed by atoms with Gasteiger partial charge in [-0.1, -0.05) is 84.7 Å². The molecular formula is C34H52N4O5. The predicted octanol–water partition coefficient (Wildman–Crippen LogP) is 3.89. The normalized spacial score (nSPS) is 17.5. The van der Waals surface area contributed by atoms with Crippen LogP contribution in [-0.2, 0) is 36.8 Å². The lowest BCUT2D eigenvalue weighted by Crippen LogP contribution is -2.58. The first-order valence-corrected chi connectivity index (χ1v) is 15.8. The van der Waals surface area contributed by atoms with Gasteiger partial charge in [0.25, 0.3) is 5.91 Å². The molecule has 1 aliphatic heterocycles. The quantitative estimate of drug-likeness (QED) is 0.250. The number of rotatable bonds is 12. The van der Waals surface area contributed by atoms with E-state index in [0.29, 0.717) is 45.1 Å². The molecule has 1 fully saturated rings. The Bertz CT molecular complexity index is 1120. The van der Waals surface area contributed by atoms with Gasteiger partial charge in [0, 0.05) is 19.5 Å². The van der Waals surface area contributed by atoms with Crippen LogP contribution in [0.2, 0.25) is 0 Å². The van der Waals surface area contributed by atoms with Gasteiger partial charge in [-0.25, -0.2) is 0 Å². The summed E-state index contributed by atoms with van der Waals surface area (Å²) < 4.78 is 0. The number of nitrogens with one attached hydrogen (secondary N) is 3. The lowest BCUT2D eigenvalue weighted by Gasteiger charge is -2.32. The Morgan fingerprint density at radius 2 is 1.63 bits per heavy atom. The lowest BCUT2D eigenvalue weighted by molar-refractivity contribution is -0.144. The fraction of sp³-hybridized carbons (Fsp3) is 0.618. The number of hydrogen-bond acceptors (Lipinski definition) is 5. The second-order valence-corrected chi connectivity index (χ2v) is 12.8. The number of likely N-dealkylation sites (tertiary alicyclic amines) is 1. The predicted molar refractivity (Wildman–Crippen MR) is 169 cm³/mol. The number of carbonyl (C=O) groups excluding carboxylic acids is 5. The minimum absolute atomic E-state index is 0.124. The number of hydrogen-bond donors (Lipinski definition) is 3. The molecule has 1 aliphatic carbocycles. The van der Waals surface area contributed by atoms with Crippen LogP contribution in [-0.4, -0.2) is 65.5 Å². The van der Waals surface area contributed by atoms with Gasteiger partial charge in [0.15, 0.2) is 0 Å². The maximum Gasteiger partial charge on any atom is 0.289 e. The second kappa shape index (κ2) is 17.0. The SMILES string of the molecule is C=CCNC(=O)C(=O)C(CCC)NC(=O)[C@@H]1CCCN1C(=O)[C@@H](NC(=O)CC(C)(C)C)C1Cc2ccccc2C1.CCC. The zero-order valence-corrected chi connectivity index (χ0v) is 27.0. The summed E-state index contributed by atoms with van der Waals surface area (Å²) in [6.07, 6.45) is 6.29. The van der Waals surface area contributed by atoms with E-state index < -0.39 is 35.7 Å². The highest BCUT2D eigenvalue weighted by Crippen LogP contribution is 2.31. The molecule has 0 saturated carbocycles. The van der Waals surface area contributed by atoms with Crippen LogP contribution in [0.15, 0.2) is 36.9 Å². The van der Waals surface area contributed by atoms with Gasteiger partial charge in [0.05, 0.1) is 6.04 Å². The summed E-state index contributed by atoms with van der Waals surface area (Å²) in [4.78, 5) is 67.1. The number of fused-ring (bicyclic) bond motifs is 1. The molecule has 0 aromatic heterocycles. The van der Waals surface area contributed by atoms with Gasteiger partial charge in [0.1, 0.15) is 12.1 Å². The Morgan fingerprint density at radius 1 is 1.02 bits per heavy atom. The Hall–Kier alpha value is -3.49. The van der Waals surface area contributed by atoms with E-state index in [1.54, 1.807) is 4.90 Å². The van der Waals surface area contributed by atoms with Crippen molar-refractivity contribution in [3.05, 3.63) is 48.0 Å². The van der Waals surface area contributed by atoms with Crippen molar-refractivity contribution in [1.82, 2.24) is 20.9 Å². The topological polar surface area (TPSA) is 125 Å². The summed E-state index contributed by atoms with van der Waals surface area (Å²) in [6.45, 7) is 16.1. The van der Waals surface area contributed by atoms with Crippen molar-refractivity contribution in [3.8, 4) is 0 Å². The van der Waals surface area contributed by atoms with Gasteiger partial charge in [-0.15, -0.1) is 6.58 Å². The van der Waals surface area contributed by atoms with Crippen molar-refractivity contribution in [3.63, 3.8) is 0 Å². The third-order valence-corrected chi connectivity index (χ3v) is 7.51. The molecule has 1 unspecified atom stereocenters. The molecule has 3 atom stereocenters. The van der Waals surface area contributed by atoms with Crippen molar-refractivity contribution in [2.45, 2.75) is 111 Å². The molecule has 9 nitrogen and oxygen atoms in total. The lowest BCUT2D eigenvalue weighted by atomic mass is 9.90. The number of Topliss-reactive ketones (excluding diaryl/α,β-unsaturated/α-hetero) is 1. The summed E-state index contributed by atoms with van der Waals surface area (Å²) in [5.74, 6) is -2.55. The minimum Gasteiger partial charge on any atom is -0.346 e. The highest BCUT2D eigenvalue weighted by molar-refractivity contribution is 6.38. The van der Waals surface area contributed by atoms with E-state index in [2.05, 4.69) is 48.5 Å². The van der Waals surface area contributed by atoms with E-state index in [-0.39, 0.29) is 36.1 Å². The molecular weight excluding hydrogens is 544 g/mol. The van der Waals surface area contributed by atoms with Gasteiger partial charge in [0.2, 0.25) is 23.5 Å². The Balaban J connectivity index is 0.00000206. The largest absolute Gasteiger partial charge is 0.346 e. The molecule has 0 radical (unpaired) electrons. The molecule has 1 saturated heterocycles. The van der Waals surface area contributed by atoms with Crippen LogP contribution < -0.4 is 16.0 Å². The van der Waals surface area contributed by atoms with Crippen molar-refractivity contribution >= 4 is 29.4 Å². The van der Waals surface area contributed by atoms with E-state index in [4.69, 9.17) is 0 Å². The molecule has 4 amide bonds. The van der Waals surface area contributed by atoms with Crippen LogP contribution in [0.25, 0.3) is 0 Å². The van der Waals surface area contributed by atoms with E-state index in [9.17, 15) is 24.0 Å². The monoisotopic (exact) mass is 596 g/mol. The van der Waals surface area contributed by atoms with Gasteiger partial charge in [-0.2, -0.15) is 0 Å². The average molecular weight is 597 g/mol. The average Bonchev–Trinajstić information content (AvgIpc) is 3.61. The van der Waals surface area contributed by atoms with E-state index >= 15 is 0 Å². The number of amides is 4. The zero-order valence-electron chi connectivity index (χ0n) is 27.0. The first-order chi connectivity index (χ1) is 20.4. The Kier molecular flexibility index (Phi) is 14.1. The first-order valence-electron chi connectivity index (χ1n) is 15.8. The van der Waals surface area contributed by atoms with Crippen LogP contribution in [0.1, 0.15) is 91.2 Å². The summed E-state index contributed by atoms with van der Waals surface area (Å²) >= 11 is 0. The van der Waals surface area contributed by atoms with Crippen LogP contribution >= 0.6 is 0 Å². The Morgan fingerprint density at radius 3 is 2.16 bits per heavy atom. The molecule has 2 aliphatic rings. The van der Waals surface area contributed by atoms with Gasteiger partial charge < -0.3 is 20.9 Å². The fourth-order valence-corrected chi connectivity index (χ4v) is 5.63. The standard InChI is InChI=1S/C31H44N4O5.C3H8/c1-6-11-23(27(37)29(39)32-15-7-2)33-28(38)24-14-10-16-35(24)30(40)26(34-25(36)19-31(3,4)5)22-17-20-12-8-9-13-21(20)18-22;1-3-2/h7-9,12-13,22-24,26H,2,6,10-11,14-19H2,1,3-5H3,(H,32,39)(H,33,38)(H,34,36);3H2,1-2H3/t23?,24-,26-;/m0./s1.